The highest BCUT2D eigenvalue weighted by molar-refractivity contribution is 6.01. The first-order chi connectivity index (χ1) is 13.5. The van der Waals surface area contributed by atoms with E-state index in [-0.39, 0.29) is 17.7 Å². The first-order valence-corrected chi connectivity index (χ1v) is 9.17. The van der Waals surface area contributed by atoms with E-state index in [0.29, 0.717) is 23.7 Å². The van der Waals surface area contributed by atoms with Gasteiger partial charge in [0.25, 0.3) is 5.91 Å². The molecule has 2 amide bonds. The van der Waals surface area contributed by atoms with Crippen molar-refractivity contribution in [1.82, 2.24) is 15.3 Å². The zero-order valence-corrected chi connectivity index (χ0v) is 16.2. The zero-order valence-electron chi connectivity index (χ0n) is 16.2. The van der Waals surface area contributed by atoms with Gasteiger partial charge in [0.1, 0.15) is 11.8 Å². The third-order valence-electron chi connectivity index (χ3n) is 4.29. The smallest absolute Gasteiger partial charge is 0.252 e. The lowest BCUT2D eigenvalue weighted by atomic mass is 10.0. The lowest BCUT2D eigenvalue weighted by Crippen LogP contribution is -2.44. The van der Waals surface area contributed by atoms with Crippen LogP contribution in [0.5, 0.6) is 5.75 Å². The summed E-state index contributed by atoms with van der Waals surface area (Å²) in [6, 6.07) is 13.6. The molecule has 0 saturated carbocycles. The number of nitrogens with zero attached hydrogens (tertiary/aromatic N) is 1. The number of carbonyl (C=O) groups is 2. The van der Waals surface area contributed by atoms with Gasteiger partial charge in [0.2, 0.25) is 11.9 Å². The number of aromatic amines is 1. The minimum Gasteiger partial charge on any atom is -0.497 e. The maximum Gasteiger partial charge on any atom is 0.252 e. The summed E-state index contributed by atoms with van der Waals surface area (Å²) < 4.78 is 5.16. The van der Waals surface area contributed by atoms with Gasteiger partial charge in [-0.25, -0.2) is 4.98 Å². The van der Waals surface area contributed by atoms with E-state index in [9.17, 15) is 9.59 Å². The molecule has 3 aromatic rings. The molecule has 1 unspecified atom stereocenters. The number of H-pyrrole nitrogens is 1. The summed E-state index contributed by atoms with van der Waals surface area (Å²) in [7, 11) is 1.54. The summed E-state index contributed by atoms with van der Waals surface area (Å²) in [6.45, 7) is 4.00. The summed E-state index contributed by atoms with van der Waals surface area (Å²) in [5.74, 6) is 0.515. The molecule has 7 heteroatoms. The molecular formula is C21H24N4O3. The van der Waals surface area contributed by atoms with Gasteiger partial charge < -0.3 is 15.0 Å². The molecule has 3 N–H and O–H groups in total. The van der Waals surface area contributed by atoms with E-state index in [1.54, 1.807) is 31.4 Å². The number of para-hydroxylation sites is 2. The van der Waals surface area contributed by atoms with Crippen LogP contribution in [0.3, 0.4) is 0 Å². The number of hydrogen-bond acceptors (Lipinski definition) is 4. The Morgan fingerprint density at radius 3 is 2.64 bits per heavy atom. The minimum atomic E-state index is -0.688. The normalized spacial score (nSPS) is 12.0. The molecule has 0 bridgehead atoms. The molecule has 0 radical (unpaired) electrons. The topological polar surface area (TPSA) is 96.1 Å². The molecule has 0 spiro atoms. The number of ether oxygens (including phenoxy) is 1. The predicted molar refractivity (Wildman–Crippen MR) is 108 cm³/mol. The van der Waals surface area contributed by atoms with E-state index in [1.165, 1.54) is 0 Å². The van der Waals surface area contributed by atoms with Crippen LogP contribution in [0.15, 0.2) is 48.5 Å². The van der Waals surface area contributed by atoms with Crippen LogP contribution in [0.2, 0.25) is 0 Å². The molecule has 0 saturated heterocycles. The average molecular weight is 380 g/mol. The van der Waals surface area contributed by atoms with Crippen molar-refractivity contribution in [3.05, 3.63) is 54.1 Å². The maximum absolute atomic E-state index is 12.8. The van der Waals surface area contributed by atoms with Crippen LogP contribution in [0, 0.1) is 5.92 Å². The van der Waals surface area contributed by atoms with Crippen LogP contribution in [0.4, 0.5) is 5.95 Å². The largest absolute Gasteiger partial charge is 0.497 e. The van der Waals surface area contributed by atoms with Crippen molar-refractivity contribution in [2.75, 3.05) is 12.4 Å². The zero-order chi connectivity index (χ0) is 20.1. The third kappa shape index (κ3) is 4.68. The van der Waals surface area contributed by atoms with Crippen LogP contribution in [-0.2, 0) is 4.79 Å². The number of aromatic nitrogens is 2. The summed E-state index contributed by atoms with van der Waals surface area (Å²) in [4.78, 5) is 32.9. The molecule has 0 fully saturated rings. The van der Waals surface area contributed by atoms with Crippen molar-refractivity contribution in [1.29, 1.82) is 0 Å². The number of methoxy groups -OCH3 is 1. The van der Waals surface area contributed by atoms with Crippen molar-refractivity contribution in [2.45, 2.75) is 26.3 Å². The van der Waals surface area contributed by atoms with Gasteiger partial charge in [0.15, 0.2) is 0 Å². The summed E-state index contributed by atoms with van der Waals surface area (Å²) in [6.07, 6.45) is 0.502. The number of anilines is 1. The van der Waals surface area contributed by atoms with E-state index in [4.69, 9.17) is 4.74 Å². The standard InChI is InChI=1S/C21H24N4O3/c1-13(2)11-18(22-19(26)14-7-6-8-15(12-14)28-3)20(27)25-21-23-16-9-4-5-10-17(16)24-21/h4-10,12-13,18H,11H2,1-3H3,(H,22,26)(H2,23,24,25,27). The van der Waals surface area contributed by atoms with Gasteiger partial charge in [-0.2, -0.15) is 0 Å². The van der Waals surface area contributed by atoms with Gasteiger partial charge in [-0.1, -0.05) is 32.0 Å². The number of carbonyl (C=O) groups excluding carboxylic acids is 2. The monoisotopic (exact) mass is 380 g/mol. The molecule has 146 valence electrons. The van der Waals surface area contributed by atoms with Crippen molar-refractivity contribution in [3.8, 4) is 5.75 Å². The second-order valence-corrected chi connectivity index (χ2v) is 6.98. The minimum absolute atomic E-state index is 0.219. The highest BCUT2D eigenvalue weighted by Crippen LogP contribution is 2.16. The third-order valence-corrected chi connectivity index (χ3v) is 4.29. The second-order valence-electron chi connectivity index (χ2n) is 6.98. The van der Waals surface area contributed by atoms with Gasteiger partial charge in [-0.05, 0) is 42.7 Å². The Morgan fingerprint density at radius 1 is 1.14 bits per heavy atom. The second kappa shape index (κ2) is 8.56. The summed E-state index contributed by atoms with van der Waals surface area (Å²) in [5.41, 5.74) is 2.03. The molecule has 2 aromatic carbocycles. The summed E-state index contributed by atoms with van der Waals surface area (Å²) in [5, 5.41) is 5.59. The van der Waals surface area contributed by atoms with Crippen LogP contribution < -0.4 is 15.4 Å². The fourth-order valence-electron chi connectivity index (χ4n) is 2.92. The highest BCUT2D eigenvalue weighted by Gasteiger charge is 2.23. The SMILES string of the molecule is COc1cccc(C(=O)NC(CC(C)C)C(=O)Nc2nc3ccccc3[nH]2)c1. The predicted octanol–water partition coefficient (Wildman–Crippen LogP) is 3.35. The van der Waals surface area contributed by atoms with E-state index < -0.39 is 6.04 Å². The average Bonchev–Trinajstić information content (AvgIpc) is 3.09. The van der Waals surface area contributed by atoms with E-state index in [0.717, 1.165) is 11.0 Å². The first-order valence-electron chi connectivity index (χ1n) is 9.17. The molecule has 1 heterocycles. The molecule has 3 rings (SSSR count). The van der Waals surface area contributed by atoms with Crippen LogP contribution in [0.25, 0.3) is 11.0 Å². The van der Waals surface area contributed by atoms with E-state index in [2.05, 4.69) is 20.6 Å². The Labute approximate surface area is 163 Å². The van der Waals surface area contributed by atoms with Crippen molar-refractivity contribution >= 4 is 28.8 Å². The van der Waals surface area contributed by atoms with E-state index >= 15 is 0 Å². The molecule has 1 aromatic heterocycles. The first kappa shape index (κ1) is 19.4. The number of amides is 2. The Hall–Kier alpha value is -3.35. The van der Waals surface area contributed by atoms with Gasteiger partial charge in [0.05, 0.1) is 18.1 Å². The number of fused-ring (bicyclic) bond motifs is 1. The molecular weight excluding hydrogens is 356 g/mol. The quantitative estimate of drug-likeness (QED) is 0.586. The fraction of sp³-hybridized carbons (Fsp3) is 0.286. The number of nitrogens with one attached hydrogen (secondary N) is 3. The van der Waals surface area contributed by atoms with Crippen LogP contribution in [-0.4, -0.2) is 34.9 Å². The number of hydrogen-bond donors (Lipinski definition) is 3. The van der Waals surface area contributed by atoms with Crippen LogP contribution >= 0.6 is 0 Å². The summed E-state index contributed by atoms with van der Waals surface area (Å²) >= 11 is 0. The lowest BCUT2D eigenvalue weighted by Gasteiger charge is -2.19. The number of rotatable bonds is 7. The van der Waals surface area contributed by atoms with Crippen molar-refractivity contribution < 1.29 is 14.3 Å². The molecule has 1 atom stereocenters. The molecule has 0 aliphatic rings. The van der Waals surface area contributed by atoms with Gasteiger partial charge >= 0.3 is 0 Å². The maximum atomic E-state index is 12.8. The lowest BCUT2D eigenvalue weighted by molar-refractivity contribution is -0.118. The molecule has 0 aliphatic heterocycles. The van der Waals surface area contributed by atoms with Crippen molar-refractivity contribution in [3.63, 3.8) is 0 Å². The Bertz CT molecular complexity index is 947. The highest BCUT2D eigenvalue weighted by atomic mass is 16.5. The fourth-order valence-corrected chi connectivity index (χ4v) is 2.92. The van der Waals surface area contributed by atoms with Crippen LogP contribution in [0.1, 0.15) is 30.6 Å². The number of benzene rings is 2. The molecule has 0 aliphatic carbocycles. The van der Waals surface area contributed by atoms with Gasteiger partial charge in [-0.15, -0.1) is 0 Å². The van der Waals surface area contributed by atoms with Gasteiger partial charge in [-0.3, -0.25) is 14.9 Å². The van der Waals surface area contributed by atoms with Gasteiger partial charge in [0, 0.05) is 5.56 Å². The van der Waals surface area contributed by atoms with E-state index in [1.807, 2.05) is 38.1 Å². The van der Waals surface area contributed by atoms with Crippen molar-refractivity contribution in [2.24, 2.45) is 5.92 Å². The Morgan fingerprint density at radius 2 is 1.93 bits per heavy atom. The molecule has 7 nitrogen and oxygen atoms in total. The Kier molecular flexibility index (Phi) is 5.93. The molecule has 28 heavy (non-hydrogen) atoms. The number of imidazole rings is 1. The Balaban J connectivity index is 1.74.